The quantitative estimate of drug-likeness (QED) is 0.512. The first kappa shape index (κ1) is 22.2. The van der Waals surface area contributed by atoms with E-state index in [-0.39, 0.29) is 11.3 Å². The van der Waals surface area contributed by atoms with Gasteiger partial charge in [-0.15, -0.1) is 0 Å². The average molecular weight is 487 g/mol. The largest absolute Gasteiger partial charge is 0.324 e. The van der Waals surface area contributed by atoms with Crippen LogP contribution in [0.4, 0.5) is 5.69 Å². The van der Waals surface area contributed by atoms with Gasteiger partial charge in [0.1, 0.15) is 6.04 Å². The molecule has 0 spiro atoms. The van der Waals surface area contributed by atoms with Gasteiger partial charge in [0.2, 0.25) is 15.9 Å². The molecule has 0 unspecified atom stereocenters. The third-order valence-electron chi connectivity index (χ3n) is 4.66. The van der Waals surface area contributed by atoms with Crippen LogP contribution in [0.3, 0.4) is 0 Å². The molecule has 2 N–H and O–H groups in total. The maximum absolute atomic E-state index is 13.1. The smallest absolute Gasteiger partial charge is 0.242 e. The summed E-state index contributed by atoms with van der Waals surface area (Å²) in [6, 6.07) is 20.3. The minimum absolute atomic E-state index is 0.100. The van der Waals surface area contributed by atoms with Crippen LogP contribution in [0.15, 0.2) is 82.2 Å². The molecule has 0 aliphatic carbocycles. The normalized spacial score (nSPS) is 12.4. The van der Waals surface area contributed by atoms with Gasteiger partial charge in [0.25, 0.3) is 0 Å². The van der Waals surface area contributed by atoms with E-state index in [9.17, 15) is 13.2 Å². The molecule has 0 saturated carbocycles. The van der Waals surface area contributed by atoms with E-state index in [1.165, 1.54) is 12.1 Å². The Morgan fingerprint density at radius 3 is 2.27 bits per heavy atom. The van der Waals surface area contributed by atoms with E-state index in [4.69, 9.17) is 0 Å². The standard InChI is InChI=1S/C23H23BrN2O3S/c1-16-8-13-21(17(2)14-16)25-23(27)22(15-18-6-4-3-5-7-18)26-30(28,29)20-11-9-19(24)10-12-20/h3-14,22,26H,15H2,1-2H3,(H,25,27)/t22-/m1/s1. The van der Waals surface area contributed by atoms with Gasteiger partial charge in [-0.3, -0.25) is 4.79 Å². The Morgan fingerprint density at radius 1 is 0.967 bits per heavy atom. The van der Waals surface area contributed by atoms with E-state index >= 15 is 0 Å². The molecule has 30 heavy (non-hydrogen) atoms. The van der Waals surface area contributed by atoms with E-state index in [2.05, 4.69) is 26.0 Å². The Hall–Kier alpha value is -2.48. The van der Waals surface area contributed by atoms with Crippen molar-refractivity contribution in [1.82, 2.24) is 4.72 Å². The molecule has 0 aliphatic heterocycles. The highest BCUT2D eigenvalue weighted by atomic mass is 79.9. The summed E-state index contributed by atoms with van der Waals surface area (Å²) >= 11 is 3.30. The first-order valence-corrected chi connectivity index (χ1v) is 11.7. The van der Waals surface area contributed by atoms with E-state index in [0.717, 1.165) is 21.2 Å². The summed E-state index contributed by atoms with van der Waals surface area (Å²) in [6.45, 7) is 3.88. The second-order valence-electron chi connectivity index (χ2n) is 7.13. The molecule has 0 fully saturated rings. The van der Waals surface area contributed by atoms with Gasteiger partial charge in [-0.05, 0) is 61.7 Å². The monoisotopic (exact) mass is 486 g/mol. The van der Waals surface area contributed by atoms with Crippen molar-refractivity contribution < 1.29 is 13.2 Å². The minimum atomic E-state index is -3.88. The molecule has 5 nitrogen and oxygen atoms in total. The number of benzene rings is 3. The molecule has 0 radical (unpaired) electrons. The molecule has 0 aliphatic rings. The topological polar surface area (TPSA) is 75.3 Å². The summed E-state index contributed by atoms with van der Waals surface area (Å²) < 4.78 is 29.2. The number of halogens is 1. The number of nitrogens with one attached hydrogen (secondary N) is 2. The van der Waals surface area contributed by atoms with Crippen LogP contribution in [0, 0.1) is 13.8 Å². The van der Waals surface area contributed by atoms with Crippen LogP contribution in [0.1, 0.15) is 16.7 Å². The third kappa shape index (κ3) is 5.78. The van der Waals surface area contributed by atoms with Crippen molar-refractivity contribution in [3.63, 3.8) is 0 Å². The van der Waals surface area contributed by atoms with Crippen LogP contribution in [0.2, 0.25) is 0 Å². The minimum Gasteiger partial charge on any atom is -0.324 e. The number of carbonyl (C=O) groups is 1. The number of amides is 1. The SMILES string of the molecule is Cc1ccc(NC(=O)[C@@H](Cc2ccccc2)NS(=O)(=O)c2ccc(Br)cc2)c(C)c1. The lowest BCUT2D eigenvalue weighted by atomic mass is 10.1. The van der Waals surface area contributed by atoms with E-state index in [1.807, 2.05) is 62.4 Å². The number of hydrogen-bond donors (Lipinski definition) is 2. The third-order valence-corrected chi connectivity index (χ3v) is 6.68. The van der Waals surface area contributed by atoms with Gasteiger partial charge in [0.05, 0.1) is 4.90 Å². The summed E-state index contributed by atoms with van der Waals surface area (Å²) in [7, 11) is -3.88. The van der Waals surface area contributed by atoms with Gasteiger partial charge in [0, 0.05) is 10.2 Å². The number of aryl methyl sites for hydroxylation is 2. The highest BCUT2D eigenvalue weighted by molar-refractivity contribution is 9.10. The van der Waals surface area contributed by atoms with Crippen molar-refractivity contribution >= 4 is 37.5 Å². The second kappa shape index (κ2) is 9.55. The van der Waals surface area contributed by atoms with Gasteiger partial charge in [-0.25, -0.2) is 8.42 Å². The number of hydrogen-bond acceptors (Lipinski definition) is 3. The zero-order valence-corrected chi connectivity index (χ0v) is 19.1. The van der Waals surface area contributed by atoms with Crippen LogP contribution in [-0.2, 0) is 21.2 Å². The Bertz CT molecular complexity index is 1130. The molecule has 0 bridgehead atoms. The van der Waals surface area contributed by atoms with Crippen molar-refractivity contribution in [2.45, 2.75) is 31.2 Å². The Labute approximate surface area is 185 Å². The average Bonchev–Trinajstić information content (AvgIpc) is 2.70. The fourth-order valence-electron chi connectivity index (χ4n) is 3.08. The molecule has 0 saturated heterocycles. The van der Waals surface area contributed by atoms with Gasteiger partial charge in [-0.1, -0.05) is 64.0 Å². The molecule has 3 aromatic rings. The van der Waals surface area contributed by atoms with E-state index in [1.54, 1.807) is 12.1 Å². The fraction of sp³-hybridized carbons (Fsp3) is 0.174. The zero-order valence-electron chi connectivity index (χ0n) is 16.7. The van der Waals surface area contributed by atoms with Crippen molar-refractivity contribution in [3.8, 4) is 0 Å². The van der Waals surface area contributed by atoms with Crippen LogP contribution >= 0.6 is 15.9 Å². The first-order valence-electron chi connectivity index (χ1n) is 9.44. The predicted molar refractivity (Wildman–Crippen MR) is 123 cm³/mol. The molecule has 0 aromatic heterocycles. The highest BCUT2D eigenvalue weighted by Gasteiger charge is 2.26. The van der Waals surface area contributed by atoms with Crippen LogP contribution in [0.25, 0.3) is 0 Å². The molecule has 1 amide bonds. The Morgan fingerprint density at radius 2 is 1.63 bits per heavy atom. The predicted octanol–water partition coefficient (Wildman–Crippen LogP) is 4.59. The Balaban J connectivity index is 1.87. The lowest BCUT2D eigenvalue weighted by Gasteiger charge is -2.20. The van der Waals surface area contributed by atoms with Gasteiger partial charge in [-0.2, -0.15) is 4.72 Å². The summed E-state index contributed by atoms with van der Waals surface area (Å²) in [4.78, 5) is 13.2. The molecule has 3 rings (SSSR count). The molecule has 156 valence electrons. The fourth-order valence-corrected chi connectivity index (χ4v) is 4.54. The van der Waals surface area contributed by atoms with Crippen molar-refractivity contribution in [1.29, 1.82) is 0 Å². The summed E-state index contributed by atoms with van der Waals surface area (Å²) in [5.74, 6) is -0.411. The molecular weight excluding hydrogens is 464 g/mol. The summed E-state index contributed by atoms with van der Waals surface area (Å²) in [5.41, 5.74) is 3.52. The summed E-state index contributed by atoms with van der Waals surface area (Å²) in [5, 5.41) is 2.87. The lowest BCUT2D eigenvalue weighted by Crippen LogP contribution is -2.45. The van der Waals surface area contributed by atoms with Crippen LogP contribution in [-0.4, -0.2) is 20.4 Å². The molecule has 7 heteroatoms. The summed E-state index contributed by atoms with van der Waals surface area (Å²) in [6.07, 6.45) is 0.230. The first-order chi connectivity index (χ1) is 14.2. The number of rotatable bonds is 7. The van der Waals surface area contributed by atoms with E-state index in [0.29, 0.717) is 5.69 Å². The Kier molecular flexibility index (Phi) is 7.07. The van der Waals surface area contributed by atoms with Gasteiger partial charge < -0.3 is 5.32 Å². The van der Waals surface area contributed by atoms with Crippen LogP contribution < -0.4 is 10.0 Å². The van der Waals surface area contributed by atoms with E-state index < -0.39 is 22.0 Å². The van der Waals surface area contributed by atoms with Crippen LogP contribution in [0.5, 0.6) is 0 Å². The molecule has 1 atom stereocenters. The van der Waals surface area contributed by atoms with Crippen molar-refractivity contribution in [2.75, 3.05) is 5.32 Å². The number of carbonyl (C=O) groups excluding carboxylic acids is 1. The number of anilines is 1. The van der Waals surface area contributed by atoms with Gasteiger partial charge >= 0.3 is 0 Å². The lowest BCUT2D eigenvalue weighted by molar-refractivity contribution is -0.117. The highest BCUT2D eigenvalue weighted by Crippen LogP contribution is 2.19. The second-order valence-corrected chi connectivity index (χ2v) is 9.75. The molecule has 3 aromatic carbocycles. The van der Waals surface area contributed by atoms with Gasteiger partial charge in [0.15, 0.2) is 0 Å². The maximum atomic E-state index is 13.1. The van der Waals surface area contributed by atoms with Crippen molar-refractivity contribution in [3.05, 3.63) is 94.0 Å². The molecule has 0 heterocycles. The maximum Gasteiger partial charge on any atom is 0.242 e. The zero-order chi connectivity index (χ0) is 21.7. The molecular formula is C23H23BrN2O3S. The van der Waals surface area contributed by atoms with Crippen molar-refractivity contribution in [2.24, 2.45) is 0 Å². The number of sulfonamides is 1.